The maximum atomic E-state index is 13.1. The van der Waals surface area contributed by atoms with Crippen LogP contribution in [0.4, 0.5) is 10.1 Å². The molecule has 1 aromatic heterocycles. The summed E-state index contributed by atoms with van der Waals surface area (Å²) in [6.45, 7) is 0. The Hall–Kier alpha value is -1.92. The third-order valence-corrected chi connectivity index (χ3v) is 3.64. The van der Waals surface area contributed by atoms with Crippen molar-refractivity contribution in [1.29, 1.82) is 0 Å². The lowest BCUT2D eigenvalue weighted by molar-refractivity contribution is 0.432. The van der Waals surface area contributed by atoms with Gasteiger partial charge >= 0.3 is 0 Å². The van der Waals surface area contributed by atoms with Crippen LogP contribution < -0.4 is 5.73 Å². The van der Waals surface area contributed by atoms with E-state index in [1.165, 1.54) is 12.1 Å². The Morgan fingerprint density at radius 3 is 2.71 bits per heavy atom. The molecule has 0 amide bonds. The number of halogens is 3. The first kappa shape index (κ1) is 14.0. The molecule has 0 unspecified atom stereocenters. The Labute approximate surface area is 132 Å². The Bertz CT molecular complexity index is 801. The van der Waals surface area contributed by atoms with Crippen molar-refractivity contribution >= 4 is 33.2 Å². The van der Waals surface area contributed by atoms with E-state index in [4.69, 9.17) is 21.9 Å². The van der Waals surface area contributed by atoms with E-state index in [1.54, 1.807) is 24.3 Å². The van der Waals surface area contributed by atoms with Gasteiger partial charge in [0.1, 0.15) is 5.82 Å². The number of nitrogens with zero attached hydrogens (tertiary/aromatic N) is 2. The summed E-state index contributed by atoms with van der Waals surface area (Å²) in [4.78, 5) is 4.28. The molecule has 0 aliphatic rings. The molecule has 0 saturated heterocycles. The van der Waals surface area contributed by atoms with Crippen molar-refractivity contribution < 1.29 is 8.91 Å². The number of rotatable bonds is 2. The first-order valence-corrected chi connectivity index (χ1v) is 7.05. The molecule has 0 radical (unpaired) electrons. The van der Waals surface area contributed by atoms with E-state index >= 15 is 0 Å². The fraction of sp³-hybridized carbons (Fsp3) is 0. The van der Waals surface area contributed by atoms with Crippen molar-refractivity contribution in [2.24, 2.45) is 0 Å². The summed E-state index contributed by atoms with van der Waals surface area (Å²) in [5.74, 6) is 0.280. The van der Waals surface area contributed by atoms with E-state index in [1.807, 2.05) is 0 Å². The Kier molecular flexibility index (Phi) is 3.65. The molecule has 0 spiro atoms. The smallest absolute Gasteiger partial charge is 0.258 e. The molecule has 0 bridgehead atoms. The summed E-state index contributed by atoms with van der Waals surface area (Å²) >= 11 is 9.22. The number of hydrogen-bond acceptors (Lipinski definition) is 4. The van der Waals surface area contributed by atoms with Crippen molar-refractivity contribution in [2.75, 3.05) is 5.73 Å². The van der Waals surface area contributed by atoms with Crippen LogP contribution in [-0.4, -0.2) is 10.1 Å². The normalized spacial score (nSPS) is 10.8. The maximum Gasteiger partial charge on any atom is 0.258 e. The van der Waals surface area contributed by atoms with Gasteiger partial charge in [0.25, 0.3) is 5.89 Å². The zero-order valence-electron chi connectivity index (χ0n) is 10.5. The van der Waals surface area contributed by atoms with Crippen LogP contribution >= 0.6 is 27.5 Å². The first-order valence-electron chi connectivity index (χ1n) is 5.88. The van der Waals surface area contributed by atoms with Crippen LogP contribution in [0.25, 0.3) is 22.8 Å². The van der Waals surface area contributed by atoms with Gasteiger partial charge in [-0.25, -0.2) is 4.39 Å². The van der Waals surface area contributed by atoms with Gasteiger partial charge in [-0.1, -0.05) is 16.8 Å². The molecule has 4 nitrogen and oxygen atoms in total. The van der Waals surface area contributed by atoms with Gasteiger partial charge < -0.3 is 10.3 Å². The van der Waals surface area contributed by atoms with E-state index in [0.717, 1.165) is 0 Å². The molecule has 0 aliphatic heterocycles. The zero-order chi connectivity index (χ0) is 15.0. The summed E-state index contributed by atoms with van der Waals surface area (Å²) in [7, 11) is 0. The topological polar surface area (TPSA) is 64.9 Å². The maximum absolute atomic E-state index is 13.1. The minimum Gasteiger partial charge on any atom is -0.399 e. The van der Waals surface area contributed by atoms with Crippen molar-refractivity contribution in [3.63, 3.8) is 0 Å². The van der Waals surface area contributed by atoms with Gasteiger partial charge in [0.15, 0.2) is 0 Å². The third-order valence-electron chi connectivity index (χ3n) is 2.77. The molecule has 0 aliphatic carbocycles. The minimum absolute atomic E-state index is 0.287. The molecule has 0 saturated carbocycles. The fourth-order valence-corrected chi connectivity index (χ4v) is 2.63. The SMILES string of the molecule is Nc1cc(Cl)cc(-c2nc(-c3ccc(F)cc3Br)no2)c1. The first-order chi connectivity index (χ1) is 10.0. The zero-order valence-corrected chi connectivity index (χ0v) is 12.8. The lowest BCUT2D eigenvalue weighted by Crippen LogP contribution is -1.87. The molecule has 1 heterocycles. The molecule has 0 atom stereocenters. The summed E-state index contributed by atoms with van der Waals surface area (Å²) in [5.41, 5.74) is 7.48. The molecule has 106 valence electrons. The summed E-state index contributed by atoms with van der Waals surface area (Å²) < 4.78 is 18.9. The lowest BCUT2D eigenvalue weighted by Gasteiger charge is -1.99. The second kappa shape index (κ2) is 5.46. The van der Waals surface area contributed by atoms with Crippen molar-refractivity contribution in [1.82, 2.24) is 10.1 Å². The van der Waals surface area contributed by atoms with Gasteiger partial charge in [-0.15, -0.1) is 0 Å². The average molecular weight is 369 g/mol. The molecule has 0 fully saturated rings. The van der Waals surface area contributed by atoms with E-state index < -0.39 is 0 Å². The summed E-state index contributed by atoms with van der Waals surface area (Å²) in [6, 6.07) is 9.22. The number of nitrogen functional groups attached to an aromatic ring is 1. The fourth-order valence-electron chi connectivity index (χ4n) is 1.86. The largest absolute Gasteiger partial charge is 0.399 e. The Morgan fingerprint density at radius 1 is 1.19 bits per heavy atom. The van der Waals surface area contributed by atoms with Crippen LogP contribution in [0, 0.1) is 5.82 Å². The molecular weight excluding hydrogens is 361 g/mol. The van der Waals surface area contributed by atoms with Crippen LogP contribution in [0.5, 0.6) is 0 Å². The second-order valence-electron chi connectivity index (χ2n) is 4.32. The van der Waals surface area contributed by atoms with Crippen molar-refractivity contribution in [3.05, 3.63) is 51.7 Å². The van der Waals surface area contributed by atoms with E-state index in [-0.39, 0.29) is 11.7 Å². The number of aromatic nitrogens is 2. The molecule has 2 aromatic carbocycles. The highest BCUT2D eigenvalue weighted by Crippen LogP contribution is 2.30. The Morgan fingerprint density at radius 2 is 2.00 bits per heavy atom. The molecule has 3 aromatic rings. The summed E-state index contributed by atoms with van der Waals surface area (Å²) in [6.07, 6.45) is 0. The van der Waals surface area contributed by atoms with Gasteiger partial charge in [-0.3, -0.25) is 0 Å². The lowest BCUT2D eigenvalue weighted by atomic mass is 10.2. The predicted octanol–water partition coefficient (Wildman–Crippen LogP) is 4.54. The molecule has 3 rings (SSSR count). The van der Waals surface area contributed by atoms with E-state index in [9.17, 15) is 4.39 Å². The van der Waals surface area contributed by atoms with Gasteiger partial charge in [0.05, 0.1) is 0 Å². The predicted molar refractivity (Wildman–Crippen MR) is 82.3 cm³/mol. The highest BCUT2D eigenvalue weighted by molar-refractivity contribution is 9.10. The van der Waals surface area contributed by atoms with Crippen LogP contribution in [0.3, 0.4) is 0 Å². The van der Waals surface area contributed by atoms with Crippen LogP contribution in [0.2, 0.25) is 5.02 Å². The number of benzene rings is 2. The Balaban J connectivity index is 2.03. The summed E-state index contributed by atoms with van der Waals surface area (Å²) in [5, 5.41) is 4.37. The second-order valence-corrected chi connectivity index (χ2v) is 5.61. The highest BCUT2D eigenvalue weighted by atomic mass is 79.9. The molecular formula is C14H8BrClFN3O. The van der Waals surface area contributed by atoms with Crippen molar-refractivity contribution in [3.8, 4) is 22.8 Å². The van der Waals surface area contributed by atoms with Gasteiger partial charge in [-0.05, 0) is 52.3 Å². The monoisotopic (exact) mass is 367 g/mol. The van der Waals surface area contributed by atoms with Crippen LogP contribution in [0.1, 0.15) is 0 Å². The molecule has 21 heavy (non-hydrogen) atoms. The average Bonchev–Trinajstić information content (AvgIpc) is 2.87. The quantitative estimate of drug-likeness (QED) is 0.674. The van der Waals surface area contributed by atoms with Crippen LogP contribution in [-0.2, 0) is 0 Å². The highest BCUT2D eigenvalue weighted by Gasteiger charge is 2.14. The van der Waals surface area contributed by atoms with Crippen LogP contribution in [0.15, 0.2) is 45.4 Å². The molecule has 2 N–H and O–H groups in total. The number of hydrogen-bond donors (Lipinski definition) is 1. The van der Waals surface area contributed by atoms with Gasteiger partial charge in [0, 0.05) is 26.3 Å². The van der Waals surface area contributed by atoms with E-state index in [2.05, 4.69) is 26.1 Å². The number of anilines is 1. The van der Waals surface area contributed by atoms with Crippen molar-refractivity contribution in [2.45, 2.75) is 0 Å². The van der Waals surface area contributed by atoms with E-state index in [0.29, 0.717) is 32.1 Å². The minimum atomic E-state index is -0.350. The number of nitrogens with two attached hydrogens (primary N) is 1. The molecule has 7 heteroatoms. The van der Waals surface area contributed by atoms with Gasteiger partial charge in [-0.2, -0.15) is 4.98 Å². The van der Waals surface area contributed by atoms with Gasteiger partial charge in [0.2, 0.25) is 5.82 Å². The third kappa shape index (κ3) is 2.91. The standard InChI is InChI=1S/C14H8BrClFN3O/c15-12-6-9(17)1-2-11(12)13-19-14(21-20-13)7-3-8(16)5-10(18)4-7/h1-6H,18H2.